The molecule has 6 nitrogen and oxygen atoms in total. The van der Waals surface area contributed by atoms with Gasteiger partial charge in [-0.1, -0.05) is 31.2 Å². The molecule has 0 saturated carbocycles. The summed E-state index contributed by atoms with van der Waals surface area (Å²) < 4.78 is 27.0. The van der Waals surface area contributed by atoms with Crippen LogP contribution < -0.4 is 4.74 Å². The molecular weight excluding hydrogens is 433 g/mol. The Morgan fingerprint density at radius 1 is 1.15 bits per heavy atom. The van der Waals surface area contributed by atoms with E-state index in [0.29, 0.717) is 37.7 Å². The largest absolute Gasteiger partial charge is 0.439 e. The third-order valence-corrected chi connectivity index (χ3v) is 5.47. The average molecular weight is 468 g/mol. The molecule has 2 aromatic carbocycles. The molecule has 1 unspecified atom stereocenters. The summed E-state index contributed by atoms with van der Waals surface area (Å²) in [6.45, 7) is 11.5. The van der Waals surface area contributed by atoms with Gasteiger partial charge in [0.05, 0.1) is 36.3 Å². The topological polar surface area (TPSA) is 59.8 Å². The molecule has 0 saturated heterocycles. The summed E-state index contributed by atoms with van der Waals surface area (Å²) in [7, 11) is 0. The lowest BCUT2D eigenvalue weighted by atomic mass is 10.1. The monoisotopic (exact) mass is 467 g/mol. The number of rotatable bonds is 13. The van der Waals surface area contributed by atoms with Crippen molar-refractivity contribution < 1.29 is 19.0 Å². The van der Waals surface area contributed by atoms with Crippen molar-refractivity contribution in [3.8, 4) is 17.3 Å². The molecule has 3 aromatic rings. The highest BCUT2D eigenvalue weighted by Gasteiger charge is 2.25. The van der Waals surface area contributed by atoms with Crippen molar-refractivity contribution in [3.05, 3.63) is 84.3 Å². The molecule has 3 rings (SSSR count). The SMILES string of the molecule is C=CCOCC(O)CN(Cc1c(CC)nn(-c2ccccc2)c1Oc1ccc(F)cc1)C(C)C. The maximum atomic E-state index is 13.5. The molecular formula is C27H34FN3O3. The standard InChI is InChI=1S/C27H34FN3O3/c1-5-16-33-19-23(32)17-30(20(3)4)18-25-26(6-2)29-31(22-10-8-7-9-11-22)27(25)34-24-14-12-21(28)13-15-24/h5,7-15,20,23,32H,1,6,16-19H2,2-4H3. The molecule has 0 aliphatic carbocycles. The van der Waals surface area contributed by atoms with E-state index < -0.39 is 6.10 Å². The molecule has 1 aromatic heterocycles. The molecule has 1 N–H and O–H groups in total. The second-order valence-electron chi connectivity index (χ2n) is 8.39. The van der Waals surface area contributed by atoms with Crippen LogP contribution in [0.5, 0.6) is 11.6 Å². The number of aromatic nitrogens is 2. The van der Waals surface area contributed by atoms with Gasteiger partial charge in [0.15, 0.2) is 0 Å². The third kappa shape index (κ3) is 6.76. The molecule has 1 atom stereocenters. The highest BCUT2D eigenvalue weighted by molar-refractivity contribution is 5.43. The lowest BCUT2D eigenvalue weighted by Crippen LogP contribution is -2.39. The molecule has 182 valence electrons. The van der Waals surface area contributed by atoms with Crippen LogP contribution in [0.15, 0.2) is 67.3 Å². The van der Waals surface area contributed by atoms with Gasteiger partial charge < -0.3 is 14.6 Å². The van der Waals surface area contributed by atoms with E-state index in [2.05, 4.69) is 32.3 Å². The first-order valence-corrected chi connectivity index (χ1v) is 11.6. The first kappa shape index (κ1) is 25.6. The second-order valence-corrected chi connectivity index (χ2v) is 8.39. The third-order valence-electron chi connectivity index (χ3n) is 5.47. The predicted octanol–water partition coefficient (Wildman–Crippen LogP) is 5.14. The van der Waals surface area contributed by atoms with Crippen LogP contribution in [-0.2, 0) is 17.7 Å². The zero-order chi connectivity index (χ0) is 24.5. The average Bonchev–Trinajstić information content (AvgIpc) is 3.17. The van der Waals surface area contributed by atoms with Crippen molar-refractivity contribution in [2.75, 3.05) is 19.8 Å². The zero-order valence-electron chi connectivity index (χ0n) is 20.2. The Morgan fingerprint density at radius 2 is 1.85 bits per heavy atom. The Morgan fingerprint density at radius 3 is 2.47 bits per heavy atom. The van der Waals surface area contributed by atoms with E-state index in [0.717, 1.165) is 16.9 Å². The number of benzene rings is 2. The molecule has 1 heterocycles. The summed E-state index contributed by atoms with van der Waals surface area (Å²) in [6, 6.07) is 15.9. The minimum atomic E-state index is -0.641. The number of nitrogens with zero attached hydrogens (tertiary/aromatic N) is 3. The quantitative estimate of drug-likeness (QED) is 0.279. The smallest absolute Gasteiger partial charge is 0.227 e. The Labute approximate surface area is 201 Å². The van der Waals surface area contributed by atoms with Crippen LogP contribution >= 0.6 is 0 Å². The first-order chi connectivity index (χ1) is 16.4. The first-order valence-electron chi connectivity index (χ1n) is 11.6. The van der Waals surface area contributed by atoms with E-state index >= 15 is 0 Å². The summed E-state index contributed by atoms with van der Waals surface area (Å²) in [6.07, 6.45) is 1.74. The fourth-order valence-electron chi connectivity index (χ4n) is 3.66. The second kappa shape index (κ2) is 12.5. The van der Waals surface area contributed by atoms with Gasteiger partial charge in [0.1, 0.15) is 11.6 Å². The Kier molecular flexibility index (Phi) is 9.39. The van der Waals surface area contributed by atoms with E-state index in [1.807, 2.05) is 30.3 Å². The Balaban J connectivity index is 1.97. The van der Waals surface area contributed by atoms with Crippen molar-refractivity contribution in [3.63, 3.8) is 0 Å². The van der Waals surface area contributed by atoms with Crippen LogP contribution in [0.4, 0.5) is 4.39 Å². The van der Waals surface area contributed by atoms with E-state index in [1.165, 1.54) is 12.1 Å². The van der Waals surface area contributed by atoms with Crippen LogP contribution in [0.2, 0.25) is 0 Å². The molecule has 7 heteroatoms. The highest BCUT2D eigenvalue weighted by Crippen LogP contribution is 2.32. The summed E-state index contributed by atoms with van der Waals surface area (Å²) in [5.74, 6) is 0.783. The van der Waals surface area contributed by atoms with Gasteiger partial charge >= 0.3 is 0 Å². The number of aliphatic hydroxyl groups is 1. The maximum Gasteiger partial charge on any atom is 0.227 e. The Hall–Kier alpha value is -3.00. The zero-order valence-corrected chi connectivity index (χ0v) is 20.2. The van der Waals surface area contributed by atoms with Crippen LogP contribution in [-0.4, -0.2) is 51.7 Å². The molecule has 0 spiro atoms. The molecule has 0 aliphatic heterocycles. The number of aliphatic hydroxyl groups excluding tert-OH is 1. The number of aryl methyl sites for hydroxylation is 1. The number of halogens is 1. The minimum Gasteiger partial charge on any atom is -0.439 e. The fourth-order valence-corrected chi connectivity index (χ4v) is 3.66. The number of ether oxygens (including phenoxy) is 2. The summed E-state index contributed by atoms with van der Waals surface area (Å²) in [4.78, 5) is 2.17. The van der Waals surface area contributed by atoms with Crippen LogP contribution in [0.25, 0.3) is 5.69 Å². The lowest BCUT2D eigenvalue weighted by molar-refractivity contribution is 0.0176. The Bertz CT molecular complexity index is 1040. The molecule has 0 aliphatic rings. The molecule has 0 bridgehead atoms. The van der Waals surface area contributed by atoms with Crippen LogP contribution in [0.1, 0.15) is 32.0 Å². The van der Waals surface area contributed by atoms with Gasteiger partial charge in [-0.25, -0.2) is 9.07 Å². The minimum absolute atomic E-state index is 0.164. The summed E-state index contributed by atoms with van der Waals surface area (Å²) in [5, 5.41) is 15.4. The normalized spacial score (nSPS) is 12.3. The van der Waals surface area contributed by atoms with E-state index in [1.54, 1.807) is 22.9 Å². The molecule has 0 radical (unpaired) electrons. The molecule has 34 heavy (non-hydrogen) atoms. The number of para-hydroxylation sites is 1. The molecule has 0 fully saturated rings. The van der Waals surface area contributed by atoms with Crippen LogP contribution in [0.3, 0.4) is 0 Å². The van der Waals surface area contributed by atoms with Gasteiger partial charge in [-0.3, -0.25) is 4.90 Å². The summed E-state index contributed by atoms with van der Waals surface area (Å²) >= 11 is 0. The van der Waals surface area contributed by atoms with Crippen molar-refractivity contribution in [1.29, 1.82) is 0 Å². The fraction of sp³-hybridized carbons (Fsp3) is 0.370. The van der Waals surface area contributed by atoms with Gasteiger partial charge in [-0.05, 0) is 56.7 Å². The van der Waals surface area contributed by atoms with Crippen molar-refractivity contribution in [2.24, 2.45) is 0 Å². The predicted molar refractivity (Wildman–Crippen MR) is 132 cm³/mol. The summed E-state index contributed by atoms with van der Waals surface area (Å²) in [5.41, 5.74) is 2.71. The van der Waals surface area contributed by atoms with Gasteiger partial charge in [0.2, 0.25) is 5.88 Å². The van der Waals surface area contributed by atoms with Gasteiger partial charge in [-0.2, -0.15) is 5.10 Å². The number of hydrogen-bond donors (Lipinski definition) is 1. The van der Waals surface area contributed by atoms with Gasteiger partial charge in [0, 0.05) is 19.1 Å². The van der Waals surface area contributed by atoms with E-state index in [4.69, 9.17) is 14.6 Å². The highest BCUT2D eigenvalue weighted by atomic mass is 19.1. The van der Waals surface area contributed by atoms with E-state index in [9.17, 15) is 9.50 Å². The van der Waals surface area contributed by atoms with Crippen LogP contribution in [0, 0.1) is 5.82 Å². The van der Waals surface area contributed by atoms with E-state index in [-0.39, 0.29) is 18.5 Å². The van der Waals surface area contributed by atoms with Crippen molar-refractivity contribution in [2.45, 2.75) is 45.9 Å². The molecule has 0 amide bonds. The van der Waals surface area contributed by atoms with Gasteiger partial charge in [0.25, 0.3) is 0 Å². The maximum absolute atomic E-state index is 13.5. The van der Waals surface area contributed by atoms with Gasteiger partial charge in [-0.15, -0.1) is 6.58 Å². The van der Waals surface area contributed by atoms with Crippen molar-refractivity contribution >= 4 is 0 Å². The lowest BCUT2D eigenvalue weighted by Gasteiger charge is -2.29. The number of hydrogen-bond acceptors (Lipinski definition) is 5. The van der Waals surface area contributed by atoms with Crippen molar-refractivity contribution in [1.82, 2.24) is 14.7 Å².